The minimum Gasteiger partial charge on any atom is -0.497 e. The van der Waals surface area contributed by atoms with Crippen molar-refractivity contribution in [1.29, 1.82) is 0 Å². The summed E-state index contributed by atoms with van der Waals surface area (Å²) in [6, 6.07) is 5.22. The van der Waals surface area contributed by atoms with Gasteiger partial charge in [-0.3, -0.25) is 0 Å². The Balaban J connectivity index is 2.78. The van der Waals surface area contributed by atoms with Gasteiger partial charge in [0.25, 0.3) is 0 Å². The van der Waals surface area contributed by atoms with E-state index in [-0.39, 0.29) is 5.56 Å². The molecule has 1 aromatic rings. The second-order valence-electron chi connectivity index (χ2n) is 4.07. The molecule has 0 aromatic heterocycles. The molecule has 0 aliphatic rings. The van der Waals surface area contributed by atoms with Gasteiger partial charge in [-0.25, -0.2) is 4.79 Å². The summed E-state index contributed by atoms with van der Waals surface area (Å²) in [6.45, 7) is -0.896. The summed E-state index contributed by atoms with van der Waals surface area (Å²) in [6.07, 6.45) is -6.59. The second kappa shape index (κ2) is 6.01. The number of ether oxygens (including phenoxy) is 2. The molecule has 0 saturated heterocycles. The summed E-state index contributed by atoms with van der Waals surface area (Å²) in [4.78, 5) is 10.9. The first-order valence-electron chi connectivity index (χ1n) is 5.56. The van der Waals surface area contributed by atoms with Crippen LogP contribution in [-0.2, 0) is 16.1 Å². The Bertz CT molecular complexity index is 523. The van der Waals surface area contributed by atoms with Crippen molar-refractivity contribution in [2.45, 2.75) is 24.6 Å². The molecule has 0 saturated carbocycles. The number of hydrogen-bond donors (Lipinski definition) is 0. The maximum atomic E-state index is 12.9. The van der Waals surface area contributed by atoms with Crippen LogP contribution < -0.4 is 4.74 Å². The molecule has 0 aliphatic heterocycles. The van der Waals surface area contributed by atoms with Gasteiger partial charge in [0, 0.05) is 0 Å². The monoisotopic (exact) mass is 334 g/mol. The average molecular weight is 334 g/mol. The van der Waals surface area contributed by atoms with Crippen LogP contribution in [0, 0.1) is 0 Å². The number of alkyl halides is 7. The standard InChI is InChI=1S/C12H9F7O3/c1-21-8-4-2-7(3-5-8)6-22-9(20)10(13,14)11(15,16)12(17,18)19/h2-5H,6H2,1H3. The van der Waals surface area contributed by atoms with E-state index in [9.17, 15) is 35.5 Å². The minimum absolute atomic E-state index is 0.0975. The van der Waals surface area contributed by atoms with E-state index in [4.69, 9.17) is 4.74 Å². The topological polar surface area (TPSA) is 35.5 Å². The van der Waals surface area contributed by atoms with E-state index >= 15 is 0 Å². The molecule has 10 heteroatoms. The summed E-state index contributed by atoms with van der Waals surface area (Å²) in [5.41, 5.74) is 0.0975. The van der Waals surface area contributed by atoms with Crippen LogP contribution in [0.1, 0.15) is 5.56 Å². The highest BCUT2D eigenvalue weighted by atomic mass is 19.4. The minimum atomic E-state index is -6.59. The van der Waals surface area contributed by atoms with E-state index in [2.05, 4.69) is 4.74 Å². The number of hydrogen-bond acceptors (Lipinski definition) is 3. The first-order valence-corrected chi connectivity index (χ1v) is 5.56. The van der Waals surface area contributed by atoms with Gasteiger partial charge >= 0.3 is 24.0 Å². The highest BCUT2D eigenvalue weighted by Gasteiger charge is 2.77. The third kappa shape index (κ3) is 3.42. The Morgan fingerprint density at radius 1 is 1.00 bits per heavy atom. The highest BCUT2D eigenvalue weighted by molar-refractivity contribution is 5.79. The molecule has 1 rings (SSSR count). The molecule has 22 heavy (non-hydrogen) atoms. The van der Waals surface area contributed by atoms with Crippen molar-refractivity contribution in [3.63, 3.8) is 0 Å². The van der Waals surface area contributed by atoms with E-state index in [0.717, 1.165) is 0 Å². The normalized spacial score (nSPS) is 12.9. The van der Waals surface area contributed by atoms with Crippen molar-refractivity contribution in [1.82, 2.24) is 0 Å². The van der Waals surface area contributed by atoms with Gasteiger partial charge in [-0.1, -0.05) is 12.1 Å². The molecule has 0 aliphatic carbocycles. The van der Waals surface area contributed by atoms with Crippen LogP contribution in [-0.4, -0.2) is 31.1 Å². The molecule has 3 nitrogen and oxygen atoms in total. The first kappa shape index (κ1) is 18.1. The van der Waals surface area contributed by atoms with E-state index in [1.165, 1.54) is 31.4 Å². The summed E-state index contributed by atoms with van der Waals surface area (Å²) >= 11 is 0. The van der Waals surface area contributed by atoms with E-state index in [0.29, 0.717) is 5.75 Å². The van der Waals surface area contributed by atoms with Crippen molar-refractivity contribution < 1.29 is 45.0 Å². The fourth-order valence-electron chi connectivity index (χ4n) is 1.27. The molecule has 0 unspecified atom stereocenters. The first-order chi connectivity index (χ1) is 9.93. The smallest absolute Gasteiger partial charge is 0.460 e. The SMILES string of the molecule is COc1ccc(COC(=O)C(F)(F)C(F)(F)C(F)(F)F)cc1. The molecule has 0 atom stereocenters. The van der Waals surface area contributed by atoms with Crippen LogP contribution in [0.15, 0.2) is 24.3 Å². The van der Waals surface area contributed by atoms with E-state index < -0.39 is 30.6 Å². The number of rotatable bonds is 5. The molecule has 0 heterocycles. The van der Waals surface area contributed by atoms with Crippen LogP contribution in [0.5, 0.6) is 5.75 Å². The maximum absolute atomic E-state index is 12.9. The van der Waals surface area contributed by atoms with Gasteiger partial charge in [-0.05, 0) is 17.7 Å². The van der Waals surface area contributed by atoms with E-state index in [1.54, 1.807) is 0 Å². The average Bonchev–Trinajstić information content (AvgIpc) is 2.43. The predicted octanol–water partition coefficient (Wildman–Crippen LogP) is 3.57. The molecule has 0 radical (unpaired) electrons. The zero-order valence-electron chi connectivity index (χ0n) is 10.9. The molecule has 0 bridgehead atoms. The third-order valence-corrected chi connectivity index (χ3v) is 2.54. The van der Waals surface area contributed by atoms with Crippen molar-refractivity contribution in [3.8, 4) is 5.75 Å². The Hall–Kier alpha value is -2.00. The van der Waals surface area contributed by atoms with Crippen molar-refractivity contribution in [2.75, 3.05) is 7.11 Å². The predicted molar refractivity (Wildman–Crippen MR) is 58.7 cm³/mol. The van der Waals surface area contributed by atoms with Crippen LogP contribution in [0.3, 0.4) is 0 Å². The summed E-state index contributed by atoms with van der Waals surface area (Å²) in [7, 11) is 1.34. The lowest BCUT2D eigenvalue weighted by molar-refractivity contribution is -0.348. The number of halogens is 7. The molecular formula is C12H9F7O3. The van der Waals surface area contributed by atoms with Gasteiger partial charge in [0.05, 0.1) is 7.11 Å². The Kier molecular flexibility index (Phi) is 4.93. The molecular weight excluding hydrogens is 325 g/mol. The third-order valence-electron chi connectivity index (χ3n) is 2.54. The number of carbonyl (C=O) groups is 1. The zero-order valence-corrected chi connectivity index (χ0v) is 10.9. The lowest BCUT2D eigenvalue weighted by Gasteiger charge is -2.26. The molecule has 1 aromatic carbocycles. The van der Waals surface area contributed by atoms with Crippen LogP contribution in [0.4, 0.5) is 30.7 Å². The maximum Gasteiger partial charge on any atom is 0.460 e. The largest absolute Gasteiger partial charge is 0.497 e. The lowest BCUT2D eigenvalue weighted by atomic mass is 10.1. The molecule has 124 valence electrons. The quantitative estimate of drug-likeness (QED) is 0.610. The Labute approximate surface area is 119 Å². The van der Waals surface area contributed by atoms with Crippen LogP contribution in [0.2, 0.25) is 0 Å². The molecule has 0 N–H and O–H groups in total. The number of methoxy groups -OCH3 is 1. The molecule has 0 spiro atoms. The Morgan fingerprint density at radius 3 is 1.91 bits per heavy atom. The summed E-state index contributed by atoms with van der Waals surface area (Å²) < 4.78 is 95.3. The van der Waals surface area contributed by atoms with Crippen LogP contribution >= 0.6 is 0 Å². The van der Waals surface area contributed by atoms with Gasteiger partial charge in [-0.15, -0.1) is 0 Å². The molecule has 0 amide bonds. The Morgan fingerprint density at radius 2 is 1.50 bits per heavy atom. The number of esters is 1. The van der Waals surface area contributed by atoms with Gasteiger partial charge in [0.2, 0.25) is 0 Å². The fourth-order valence-corrected chi connectivity index (χ4v) is 1.27. The zero-order chi connectivity index (χ0) is 17.2. The van der Waals surface area contributed by atoms with Gasteiger partial charge in [-0.2, -0.15) is 30.7 Å². The highest BCUT2D eigenvalue weighted by Crippen LogP contribution is 2.47. The number of carbonyl (C=O) groups excluding carboxylic acids is 1. The summed E-state index contributed by atoms with van der Waals surface area (Å²) in [5.74, 6) is -15.1. The van der Waals surface area contributed by atoms with Crippen molar-refractivity contribution in [2.24, 2.45) is 0 Å². The van der Waals surface area contributed by atoms with E-state index in [1.807, 2.05) is 0 Å². The van der Waals surface area contributed by atoms with Crippen LogP contribution in [0.25, 0.3) is 0 Å². The summed E-state index contributed by atoms with van der Waals surface area (Å²) in [5, 5.41) is 0. The number of benzene rings is 1. The van der Waals surface area contributed by atoms with Gasteiger partial charge < -0.3 is 9.47 Å². The fraction of sp³-hybridized carbons (Fsp3) is 0.417. The molecule has 0 fully saturated rings. The lowest BCUT2D eigenvalue weighted by Crippen LogP contribution is -2.56. The van der Waals surface area contributed by atoms with Gasteiger partial charge in [0.1, 0.15) is 12.4 Å². The van der Waals surface area contributed by atoms with Crippen molar-refractivity contribution in [3.05, 3.63) is 29.8 Å². The van der Waals surface area contributed by atoms with Crippen molar-refractivity contribution >= 4 is 5.97 Å². The second-order valence-corrected chi connectivity index (χ2v) is 4.07. The van der Waals surface area contributed by atoms with Gasteiger partial charge in [0.15, 0.2) is 0 Å².